The standard InChI is InChI=1S/C12H24OS/c1-3-4-5-6-7-8-11-14-12(2)9-10-13/h10,12H,3-9,11H2,1-2H3. The molecule has 0 bridgehead atoms. The fraction of sp³-hybridized carbons (Fsp3) is 0.917. The van der Waals surface area contributed by atoms with Crippen LogP contribution in [0.1, 0.15) is 58.8 Å². The first kappa shape index (κ1) is 14.0. The number of hydrogen-bond acceptors (Lipinski definition) is 2. The molecule has 2 heteroatoms. The molecule has 0 aliphatic heterocycles. The molecule has 0 aromatic heterocycles. The first-order chi connectivity index (χ1) is 6.81. The van der Waals surface area contributed by atoms with Crippen molar-refractivity contribution in [3.05, 3.63) is 0 Å². The first-order valence-electron chi connectivity index (χ1n) is 5.86. The maximum Gasteiger partial charge on any atom is 0.121 e. The summed E-state index contributed by atoms with van der Waals surface area (Å²) in [7, 11) is 0. The molecule has 0 aliphatic carbocycles. The van der Waals surface area contributed by atoms with Gasteiger partial charge in [-0.05, 0) is 12.2 Å². The lowest BCUT2D eigenvalue weighted by atomic mass is 10.1. The Bertz CT molecular complexity index is 125. The lowest BCUT2D eigenvalue weighted by molar-refractivity contribution is -0.107. The summed E-state index contributed by atoms with van der Waals surface area (Å²) >= 11 is 1.93. The highest BCUT2D eigenvalue weighted by Crippen LogP contribution is 2.16. The smallest absolute Gasteiger partial charge is 0.121 e. The molecule has 0 rings (SSSR count). The average molecular weight is 216 g/mol. The Hall–Kier alpha value is 0.0200. The Labute approximate surface area is 93.0 Å². The minimum Gasteiger partial charge on any atom is -0.303 e. The normalized spacial score (nSPS) is 12.7. The summed E-state index contributed by atoms with van der Waals surface area (Å²) in [5.41, 5.74) is 0. The summed E-state index contributed by atoms with van der Waals surface area (Å²) in [4.78, 5) is 10.2. The highest BCUT2D eigenvalue weighted by Gasteiger charge is 2.00. The lowest BCUT2D eigenvalue weighted by Gasteiger charge is -2.06. The fourth-order valence-electron chi connectivity index (χ4n) is 1.37. The van der Waals surface area contributed by atoms with E-state index in [9.17, 15) is 4.79 Å². The number of hydrogen-bond donors (Lipinski definition) is 0. The molecule has 84 valence electrons. The van der Waals surface area contributed by atoms with E-state index in [1.54, 1.807) is 0 Å². The van der Waals surface area contributed by atoms with Gasteiger partial charge in [0.15, 0.2) is 0 Å². The predicted molar refractivity (Wildman–Crippen MR) is 66.0 cm³/mol. The van der Waals surface area contributed by atoms with Gasteiger partial charge in [-0.15, -0.1) is 0 Å². The van der Waals surface area contributed by atoms with Crippen LogP contribution in [0.4, 0.5) is 0 Å². The molecule has 0 aromatic carbocycles. The zero-order valence-corrected chi connectivity index (χ0v) is 10.4. The molecule has 0 fully saturated rings. The van der Waals surface area contributed by atoms with Crippen molar-refractivity contribution >= 4 is 18.0 Å². The summed E-state index contributed by atoms with van der Waals surface area (Å²) < 4.78 is 0. The molecule has 1 atom stereocenters. The molecule has 0 aromatic rings. The second-order valence-electron chi connectivity index (χ2n) is 3.85. The van der Waals surface area contributed by atoms with Gasteiger partial charge in [-0.3, -0.25) is 0 Å². The van der Waals surface area contributed by atoms with Crippen LogP contribution in [0.15, 0.2) is 0 Å². The van der Waals surface area contributed by atoms with Gasteiger partial charge in [-0.2, -0.15) is 11.8 Å². The molecule has 0 saturated heterocycles. The largest absolute Gasteiger partial charge is 0.303 e. The van der Waals surface area contributed by atoms with Crippen LogP contribution in [-0.2, 0) is 4.79 Å². The van der Waals surface area contributed by atoms with E-state index in [1.165, 1.54) is 44.3 Å². The Kier molecular flexibility index (Phi) is 11.1. The molecule has 0 saturated carbocycles. The predicted octanol–water partition coefficient (Wildman–Crippen LogP) is 4.06. The summed E-state index contributed by atoms with van der Waals surface area (Å²) in [5, 5.41) is 0.517. The Balaban J connectivity index is 3.01. The van der Waals surface area contributed by atoms with Gasteiger partial charge in [0, 0.05) is 11.7 Å². The van der Waals surface area contributed by atoms with E-state index in [1.807, 2.05) is 11.8 Å². The molecule has 0 heterocycles. The van der Waals surface area contributed by atoms with Gasteiger partial charge in [-0.1, -0.05) is 46.0 Å². The Morgan fingerprint density at radius 1 is 1.14 bits per heavy atom. The van der Waals surface area contributed by atoms with Crippen LogP contribution < -0.4 is 0 Å². The number of aldehydes is 1. The van der Waals surface area contributed by atoms with E-state index in [0.717, 1.165) is 6.29 Å². The molecule has 1 unspecified atom stereocenters. The quantitative estimate of drug-likeness (QED) is 0.405. The molecule has 0 radical (unpaired) electrons. The topological polar surface area (TPSA) is 17.1 Å². The van der Waals surface area contributed by atoms with Crippen molar-refractivity contribution in [2.75, 3.05) is 5.75 Å². The first-order valence-corrected chi connectivity index (χ1v) is 6.91. The third-order valence-electron chi connectivity index (χ3n) is 2.33. The second-order valence-corrected chi connectivity index (χ2v) is 5.40. The highest BCUT2D eigenvalue weighted by molar-refractivity contribution is 7.99. The molecule has 0 N–H and O–H groups in total. The Morgan fingerprint density at radius 2 is 1.79 bits per heavy atom. The van der Waals surface area contributed by atoms with Gasteiger partial charge in [0.25, 0.3) is 0 Å². The van der Waals surface area contributed by atoms with E-state index in [4.69, 9.17) is 0 Å². The Morgan fingerprint density at radius 3 is 2.43 bits per heavy atom. The number of thioether (sulfide) groups is 1. The van der Waals surface area contributed by atoms with Crippen molar-refractivity contribution in [2.24, 2.45) is 0 Å². The zero-order valence-electron chi connectivity index (χ0n) is 9.63. The summed E-state index contributed by atoms with van der Waals surface area (Å²) in [6.45, 7) is 4.38. The molecular weight excluding hydrogens is 192 g/mol. The SMILES string of the molecule is CCCCCCCCSC(C)CC=O. The maximum atomic E-state index is 10.2. The second kappa shape index (κ2) is 11.1. The van der Waals surface area contributed by atoms with Gasteiger partial charge in [-0.25, -0.2) is 0 Å². The van der Waals surface area contributed by atoms with E-state index < -0.39 is 0 Å². The van der Waals surface area contributed by atoms with E-state index in [-0.39, 0.29) is 0 Å². The van der Waals surface area contributed by atoms with E-state index in [0.29, 0.717) is 11.7 Å². The number of carbonyl (C=O) groups excluding carboxylic acids is 1. The molecule has 1 nitrogen and oxygen atoms in total. The summed E-state index contributed by atoms with van der Waals surface area (Å²) in [5.74, 6) is 1.22. The van der Waals surface area contributed by atoms with E-state index >= 15 is 0 Å². The van der Waals surface area contributed by atoms with Crippen molar-refractivity contribution in [3.8, 4) is 0 Å². The monoisotopic (exact) mass is 216 g/mol. The van der Waals surface area contributed by atoms with Gasteiger partial charge in [0.05, 0.1) is 0 Å². The van der Waals surface area contributed by atoms with Crippen LogP contribution in [0, 0.1) is 0 Å². The number of unbranched alkanes of at least 4 members (excludes halogenated alkanes) is 5. The average Bonchev–Trinajstić information content (AvgIpc) is 2.17. The van der Waals surface area contributed by atoms with Crippen LogP contribution in [-0.4, -0.2) is 17.3 Å². The van der Waals surface area contributed by atoms with Gasteiger partial charge >= 0.3 is 0 Å². The maximum absolute atomic E-state index is 10.2. The van der Waals surface area contributed by atoms with Gasteiger partial charge in [0.1, 0.15) is 6.29 Å². The fourth-order valence-corrected chi connectivity index (χ4v) is 2.36. The minimum absolute atomic E-state index is 0.517. The summed E-state index contributed by atoms with van der Waals surface area (Å²) in [6, 6.07) is 0. The van der Waals surface area contributed by atoms with Crippen molar-refractivity contribution in [1.29, 1.82) is 0 Å². The molecular formula is C12H24OS. The number of rotatable bonds is 10. The number of carbonyl (C=O) groups is 1. The summed E-state index contributed by atoms with van der Waals surface area (Å²) in [6.07, 6.45) is 9.90. The molecule has 14 heavy (non-hydrogen) atoms. The van der Waals surface area contributed by atoms with Crippen LogP contribution >= 0.6 is 11.8 Å². The van der Waals surface area contributed by atoms with Crippen molar-refractivity contribution in [3.63, 3.8) is 0 Å². The minimum atomic E-state index is 0.517. The highest BCUT2D eigenvalue weighted by atomic mass is 32.2. The third kappa shape index (κ3) is 10.1. The van der Waals surface area contributed by atoms with Crippen LogP contribution in [0.2, 0.25) is 0 Å². The van der Waals surface area contributed by atoms with Gasteiger partial charge < -0.3 is 4.79 Å². The zero-order chi connectivity index (χ0) is 10.6. The molecule has 0 spiro atoms. The van der Waals surface area contributed by atoms with Crippen molar-refractivity contribution in [1.82, 2.24) is 0 Å². The third-order valence-corrected chi connectivity index (χ3v) is 3.61. The lowest BCUT2D eigenvalue weighted by Crippen LogP contribution is -1.97. The molecule has 0 aliphatic rings. The van der Waals surface area contributed by atoms with Crippen LogP contribution in [0.5, 0.6) is 0 Å². The van der Waals surface area contributed by atoms with Crippen LogP contribution in [0.3, 0.4) is 0 Å². The molecule has 0 amide bonds. The van der Waals surface area contributed by atoms with Gasteiger partial charge in [0.2, 0.25) is 0 Å². The van der Waals surface area contributed by atoms with Crippen molar-refractivity contribution in [2.45, 2.75) is 64.0 Å². The van der Waals surface area contributed by atoms with Crippen LogP contribution in [0.25, 0.3) is 0 Å². The van der Waals surface area contributed by atoms with E-state index in [2.05, 4.69) is 13.8 Å². The van der Waals surface area contributed by atoms with Crippen molar-refractivity contribution < 1.29 is 4.79 Å².